The molecule has 0 saturated heterocycles. The zero-order valence-electron chi connectivity index (χ0n) is 9.03. The van der Waals surface area contributed by atoms with Crippen molar-refractivity contribution < 1.29 is 4.74 Å². The van der Waals surface area contributed by atoms with Crippen molar-refractivity contribution in [1.29, 1.82) is 5.26 Å². The predicted octanol–water partition coefficient (Wildman–Crippen LogP) is 1.79. The number of nitriles is 1. The Hall–Kier alpha value is -1.60. The molecule has 0 spiro atoms. The molecule has 4 nitrogen and oxygen atoms in total. The summed E-state index contributed by atoms with van der Waals surface area (Å²) in [4.78, 5) is 3.98. The third-order valence-corrected chi connectivity index (χ3v) is 2.07. The number of methoxy groups -OCH3 is 1. The normalized spacial score (nSPS) is 11.8. The van der Waals surface area contributed by atoms with Crippen LogP contribution >= 0.6 is 0 Å². The summed E-state index contributed by atoms with van der Waals surface area (Å²) in [6, 6.07) is 5.98. The van der Waals surface area contributed by atoms with Crippen LogP contribution in [0, 0.1) is 11.3 Å². The van der Waals surface area contributed by atoms with Gasteiger partial charge in [0.2, 0.25) is 0 Å². The smallest absolute Gasteiger partial charge is 0.163 e. The first-order valence-electron chi connectivity index (χ1n) is 4.88. The van der Waals surface area contributed by atoms with E-state index >= 15 is 0 Å². The maximum atomic E-state index is 8.83. The topological polar surface area (TPSA) is 57.9 Å². The van der Waals surface area contributed by atoms with Gasteiger partial charge in [-0.05, 0) is 25.5 Å². The summed E-state index contributed by atoms with van der Waals surface area (Å²) in [6.07, 6.45) is 2.51. The summed E-state index contributed by atoms with van der Waals surface area (Å²) in [5, 5.41) is 12.1. The van der Waals surface area contributed by atoms with E-state index in [-0.39, 0.29) is 6.04 Å². The van der Waals surface area contributed by atoms with Crippen LogP contribution in [0.25, 0.3) is 0 Å². The van der Waals surface area contributed by atoms with Crippen LogP contribution in [-0.2, 0) is 4.74 Å². The Balaban J connectivity index is 2.60. The molecule has 1 rings (SSSR count). The Bertz CT molecular complexity index is 346. The highest BCUT2D eigenvalue weighted by atomic mass is 16.5. The molecule has 80 valence electrons. The fraction of sp³-hybridized carbons (Fsp3) is 0.455. The molecule has 0 amide bonds. The number of ether oxygens (including phenoxy) is 1. The largest absolute Gasteiger partial charge is 0.385 e. The maximum absolute atomic E-state index is 8.83. The highest BCUT2D eigenvalue weighted by Crippen LogP contribution is 2.12. The predicted molar refractivity (Wildman–Crippen MR) is 58.5 cm³/mol. The molecule has 1 heterocycles. The van der Waals surface area contributed by atoms with Crippen molar-refractivity contribution in [2.75, 3.05) is 19.0 Å². The van der Waals surface area contributed by atoms with Crippen molar-refractivity contribution in [3.63, 3.8) is 0 Å². The molecular weight excluding hydrogens is 190 g/mol. The van der Waals surface area contributed by atoms with E-state index in [4.69, 9.17) is 10.00 Å². The van der Waals surface area contributed by atoms with Gasteiger partial charge in [-0.15, -0.1) is 0 Å². The van der Waals surface area contributed by atoms with E-state index in [2.05, 4.69) is 16.4 Å². The molecule has 15 heavy (non-hydrogen) atoms. The van der Waals surface area contributed by atoms with Gasteiger partial charge in [-0.25, -0.2) is 4.98 Å². The van der Waals surface area contributed by atoms with E-state index in [1.807, 2.05) is 19.1 Å². The van der Waals surface area contributed by atoms with Gasteiger partial charge in [0.1, 0.15) is 6.07 Å². The second kappa shape index (κ2) is 5.99. The fourth-order valence-electron chi connectivity index (χ4n) is 1.24. The van der Waals surface area contributed by atoms with Crippen molar-refractivity contribution in [3.8, 4) is 6.07 Å². The molecule has 0 saturated carbocycles. The number of hydrogen-bond acceptors (Lipinski definition) is 4. The number of nitrogens with one attached hydrogen (secondary N) is 1. The van der Waals surface area contributed by atoms with Crippen molar-refractivity contribution in [1.82, 2.24) is 4.98 Å². The molecule has 0 aliphatic rings. The molecule has 1 aromatic heterocycles. The Labute approximate surface area is 89.9 Å². The Morgan fingerprint density at radius 3 is 3.13 bits per heavy atom. The van der Waals surface area contributed by atoms with E-state index in [0.29, 0.717) is 12.3 Å². The second-order valence-electron chi connectivity index (χ2n) is 3.34. The molecule has 0 aromatic carbocycles. The quantitative estimate of drug-likeness (QED) is 0.796. The molecule has 0 radical (unpaired) electrons. The third-order valence-electron chi connectivity index (χ3n) is 2.07. The summed E-state index contributed by atoms with van der Waals surface area (Å²) in [7, 11) is 1.68. The number of nitrogens with zero attached hydrogens (tertiary/aromatic N) is 2. The first-order valence-corrected chi connectivity index (χ1v) is 4.88. The molecule has 1 aromatic rings. The van der Waals surface area contributed by atoms with Gasteiger partial charge in [0.05, 0.1) is 5.69 Å². The Morgan fingerprint density at radius 2 is 2.47 bits per heavy atom. The van der Waals surface area contributed by atoms with Crippen molar-refractivity contribution >= 4 is 5.69 Å². The number of hydrogen-bond donors (Lipinski definition) is 1. The molecule has 1 atom stereocenters. The monoisotopic (exact) mass is 205 g/mol. The van der Waals surface area contributed by atoms with Crippen LogP contribution < -0.4 is 5.32 Å². The van der Waals surface area contributed by atoms with Crippen LogP contribution in [0.2, 0.25) is 0 Å². The summed E-state index contributed by atoms with van der Waals surface area (Å²) < 4.78 is 4.99. The van der Waals surface area contributed by atoms with Crippen LogP contribution in [0.4, 0.5) is 5.69 Å². The molecular formula is C11H15N3O. The summed E-state index contributed by atoms with van der Waals surface area (Å²) in [5.74, 6) is 0. The number of rotatable bonds is 5. The lowest BCUT2D eigenvalue weighted by molar-refractivity contribution is 0.191. The highest BCUT2D eigenvalue weighted by molar-refractivity contribution is 5.53. The second-order valence-corrected chi connectivity index (χ2v) is 3.34. The number of anilines is 1. The van der Waals surface area contributed by atoms with Crippen LogP contribution in [-0.4, -0.2) is 24.7 Å². The Kier molecular flexibility index (Phi) is 4.58. The molecule has 0 aliphatic heterocycles. The van der Waals surface area contributed by atoms with Crippen molar-refractivity contribution in [3.05, 3.63) is 24.0 Å². The molecule has 4 heteroatoms. The van der Waals surface area contributed by atoms with Crippen LogP contribution in [0.3, 0.4) is 0 Å². The van der Waals surface area contributed by atoms with Gasteiger partial charge in [-0.3, -0.25) is 0 Å². The van der Waals surface area contributed by atoms with E-state index in [1.165, 1.54) is 0 Å². The van der Waals surface area contributed by atoms with Gasteiger partial charge in [0.25, 0.3) is 0 Å². The van der Waals surface area contributed by atoms with E-state index in [1.54, 1.807) is 13.3 Å². The fourth-order valence-corrected chi connectivity index (χ4v) is 1.24. The average Bonchev–Trinajstić information content (AvgIpc) is 2.27. The van der Waals surface area contributed by atoms with E-state index in [0.717, 1.165) is 12.1 Å². The SMILES string of the molecule is COCCC(C)Nc1cccnc1C#N. The summed E-state index contributed by atoms with van der Waals surface area (Å²) >= 11 is 0. The minimum absolute atomic E-state index is 0.265. The zero-order chi connectivity index (χ0) is 11.1. The zero-order valence-corrected chi connectivity index (χ0v) is 9.03. The molecule has 0 bridgehead atoms. The number of pyridine rings is 1. The minimum Gasteiger partial charge on any atom is -0.385 e. The van der Waals surface area contributed by atoms with Crippen LogP contribution in [0.1, 0.15) is 19.0 Å². The highest BCUT2D eigenvalue weighted by Gasteiger charge is 2.05. The first kappa shape index (κ1) is 11.5. The molecule has 0 fully saturated rings. The van der Waals surface area contributed by atoms with E-state index in [9.17, 15) is 0 Å². The van der Waals surface area contributed by atoms with Gasteiger partial charge < -0.3 is 10.1 Å². The third kappa shape index (κ3) is 3.56. The lowest BCUT2D eigenvalue weighted by Gasteiger charge is -2.14. The summed E-state index contributed by atoms with van der Waals surface area (Å²) in [6.45, 7) is 2.75. The van der Waals surface area contributed by atoms with Gasteiger partial charge in [0, 0.05) is 26.0 Å². The van der Waals surface area contributed by atoms with Gasteiger partial charge in [-0.1, -0.05) is 0 Å². The lowest BCUT2D eigenvalue weighted by Crippen LogP contribution is -2.18. The standard InChI is InChI=1S/C11H15N3O/c1-9(5-7-15-2)14-10-4-3-6-13-11(10)8-12/h3-4,6,9,14H,5,7H2,1-2H3. The maximum Gasteiger partial charge on any atom is 0.163 e. The molecule has 1 unspecified atom stereocenters. The van der Waals surface area contributed by atoms with Gasteiger partial charge in [-0.2, -0.15) is 5.26 Å². The van der Waals surface area contributed by atoms with Crippen molar-refractivity contribution in [2.45, 2.75) is 19.4 Å². The Morgan fingerprint density at radius 1 is 1.67 bits per heavy atom. The van der Waals surface area contributed by atoms with Gasteiger partial charge >= 0.3 is 0 Å². The van der Waals surface area contributed by atoms with Crippen molar-refractivity contribution in [2.24, 2.45) is 0 Å². The summed E-state index contributed by atoms with van der Waals surface area (Å²) in [5.41, 5.74) is 1.21. The van der Waals surface area contributed by atoms with Gasteiger partial charge in [0.15, 0.2) is 5.69 Å². The molecule has 0 aliphatic carbocycles. The van der Waals surface area contributed by atoms with Crippen LogP contribution in [0.5, 0.6) is 0 Å². The van der Waals surface area contributed by atoms with E-state index < -0.39 is 0 Å². The van der Waals surface area contributed by atoms with Crippen LogP contribution in [0.15, 0.2) is 18.3 Å². The first-order chi connectivity index (χ1) is 7.27. The molecule has 1 N–H and O–H groups in total. The average molecular weight is 205 g/mol. The number of aromatic nitrogens is 1. The minimum atomic E-state index is 0.265. The lowest BCUT2D eigenvalue weighted by atomic mass is 10.2.